The van der Waals surface area contributed by atoms with Gasteiger partial charge in [-0.25, -0.2) is 8.42 Å². The van der Waals surface area contributed by atoms with Crippen LogP contribution in [0, 0.1) is 13.8 Å². The van der Waals surface area contributed by atoms with E-state index >= 15 is 0 Å². The summed E-state index contributed by atoms with van der Waals surface area (Å²) in [5.41, 5.74) is -2.05. The minimum Gasteiger partial charge on any atom is -0.744 e. The molecular weight excluding hydrogens is 333 g/mol. The van der Waals surface area contributed by atoms with Gasteiger partial charge in [0.1, 0.15) is 10.1 Å². The van der Waals surface area contributed by atoms with E-state index in [9.17, 15) is 32.8 Å². The summed E-state index contributed by atoms with van der Waals surface area (Å²) >= 11 is 0. The molecule has 0 aromatic heterocycles. The maximum atomic E-state index is 11.0. The van der Waals surface area contributed by atoms with Crippen molar-refractivity contribution in [3.8, 4) is 0 Å². The average Bonchev–Trinajstić information content (AvgIpc) is 2.13. The van der Waals surface area contributed by atoms with Gasteiger partial charge >= 0.3 is 88.7 Å². The summed E-state index contributed by atoms with van der Waals surface area (Å²) in [6.45, 7) is 2.17. The third-order valence-electron chi connectivity index (χ3n) is 2.47. The third kappa shape index (κ3) is 6.23. The predicted octanol–water partition coefficient (Wildman–Crippen LogP) is -11.1. The quantitative estimate of drug-likeness (QED) is 0.393. The van der Waals surface area contributed by atoms with E-state index in [-0.39, 0.29) is 99.8 Å². The zero-order valence-electron chi connectivity index (χ0n) is 12.3. The van der Waals surface area contributed by atoms with Gasteiger partial charge in [0.15, 0.2) is 0 Å². The van der Waals surface area contributed by atoms with Crippen LogP contribution in [0.4, 0.5) is 0 Å². The third-order valence-corrected chi connectivity index (χ3v) is 3.58. The molecule has 0 aliphatic rings. The SMILES string of the molecule is Cc1c(C(=O)[O-])cc(C(=O)[O-])c(C)c1S(=O)(=O)[O-].[Na+].[Na+].[Na+]. The number of benzene rings is 1. The van der Waals surface area contributed by atoms with E-state index in [4.69, 9.17) is 0 Å². The van der Waals surface area contributed by atoms with Crippen molar-refractivity contribution in [2.45, 2.75) is 18.7 Å². The van der Waals surface area contributed by atoms with Crippen molar-refractivity contribution in [1.82, 2.24) is 0 Å². The Morgan fingerprint density at radius 1 is 0.905 bits per heavy atom. The average molecular weight is 340 g/mol. The van der Waals surface area contributed by atoms with Gasteiger partial charge in [-0.1, -0.05) is 0 Å². The largest absolute Gasteiger partial charge is 1.00 e. The Morgan fingerprint density at radius 2 is 1.19 bits per heavy atom. The predicted molar refractivity (Wildman–Crippen MR) is 52.5 cm³/mol. The Labute approximate surface area is 188 Å². The van der Waals surface area contributed by atoms with Crippen LogP contribution in [-0.4, -0.2) is 24.9 Å². The van der Waals surface area contributed by atoms with E-state index in [1.165, 1.54) is 0 Å². The second-order valence-corrected chi connectivity index (χ2v) is 4.90. The summed E-state index contributed by atoms with van der Waals surface area (Å²) in [4.78, 5) is 20.7. The van der Waals surface area contributed by atoms with Gasteiger partial charge in [-0.2, -0.15) is 0 Å². The van der Waals surface area contributed by atoms with Gasteiger partial charge < -0.3 is 24.4 Å². The number of hydrogen-bond acceptors (Lipinski definition) is 7. The van der Waals surface area contributed by atoms with Gasteiger partial charge in [0.05, 0.1) is 16.8 Å². The molecule has 0 aliphatic carbocycles. The normalized spacial score (nSPS) is 9.67. The van der Waals surface area contributed by atoms with Crippen LogP contribution in [0.3, 0.4) is 0 Å². The molecule has 7 nitrogen and oxygen atoms in total. The molecule has 21 heavy (non-hydrogen) atoms. The molecule has 0 bridgehead atoms. The van der Waals surface area contributed by atoms with Crippen LogP contribution in [-0.2, 0) is 10.1 Å². The standard InChI is InChI=1S/C10H10O7S.3Na/c1-4-6(9(11)12)3-7(10(13)14)5(2)8(4)18(15,16)17;;;/h3H,1-2H3,(H,11,12)(H,13,14)(H,15,16,17);;;/q;3*+1/p-3. The number of carboxylic acids is 2. The first kappa shape index (κ1) is 26.9. The number of carboxylic acid groups (broad SMARTS) is 2. The molecular formula is C10H7Na3O7S. The number of aromatic carboxylic acids is 2. The molecule has 1 aromatic carbocycles. The van der Waals surface area contributed by atoms with Crippen molar-refractivity contribution in [3.63, 3.8) is 0 Å². The number of rotatable bonds is 3. The molecule has 11 heteroatoms. The molecule has 1 rings (SSSR count). The maximum absolute atomic E-state index is 11.0. The summed E-state index contributed by atoms with van der Waals surface area (Å²) in [5.74, 6) is -3.56. The van der Waals surface area contributed by atoms with E-state index in [0.717, 1.165) is 13.8 Å². The Hall–Kier alpha value is 1.07. The fourth-order valence-corrected chi connectivity index (χ4v) is 2.66. The zero-order chi connectivity index (χ0) is 14.2. The first-order chi connectivity index (χ1) is 8.07. The molecule has 0 radical (unpaired) electrons. The summed E-state index contributed by atoms with van der Waals surface area (Å²) in [6, 6.07) is 0.712. The van der Waals surface area contributed by atoms with Crippen LogP contribution in [0.5, 0.6) is 0 Å². The molecule has 98 valence electrons. The Kier molecular flexibility index (Phi) is 12.9. The van der Waals surface area contributed by atoms with Crippen LogP contribution in [0.1, 0.15) is 31.8 Å². The molecule has 0 saturated carbocycles. The first-order valence-corrected chi connectivity index (χ1v) is 6.01. The minimum atomic E-state index is -5.01. The van der Waals surface area contributed by atoms with Gasteiger partial charge in [-0.05, 0) is 31.0 Å². The van der Waals surface area contributed by atoms with Crippen LogP contribution in [0.15, 0.2) is 11.0 Å². The molecule has 0 unspecified atom stereocenters. The van der Waals surface area contributed by atoms with Crippen molar-refractivity contribution >= 4 is 22.1 Å². The van der Waals surface area contributed by atoms with Crippen LogP contribution >= 0.6 is 0 Å². The number of hydrogen-bond donors (Lipinski definition) is 0. The van der Waals surface area contributed by atoms with Gasteiger partial charge in [-0.3, -0.25) is 0 Å². The summed E-state index contributed by atoms with van der Waals surface area (Å²) in [5, 5.41) is 21.5. The summed E-state index contributed by atoms with van der Waals surface area (Å²) in [6.07, 6.45) is 0. The molecule has 0 heterocycles. The van der Waals surface area contributed by atoms with E-state index in [1.54, 1.807) is 0 Å². The topological polar surface area (TPSA) is 137 Å². The molecule has 0 saturated heterocycles. The van der Waals surface area contributed by atoms with Crippen molar-refractivity contribution < 1.29 is 121 Å². The van der Waals surface area contributed by atoms with Gasteiger partial charge in [0.25, 0.3) is 0 Å². The van der Waals surface area contributed by atoms with Gasteiger partial charge in [0.2, 0.25) is 0 Å². The van der Waals surface area contributed by atoms with Crippen molar-refractivity contribution in [2.24, 2.45) is 0 Å². The molecule has 0 aliphatic heterocycles. The Balaban J connectivity index is -0.00000108. The Bertz CT molecular complexity index is 617. The van der Waals surface area contributed by atoms with E-state index in [0.29, 0.717) is 6.07 Å². The van der Waals surface area contributed by atoms with Gasteiger partial charge in [-0.15, -0.1) is 0 Å². The van der Waals surface area contributed by atoms with Crippen LogP contribution in [0.25, 0.3) is 0 Å². The Morgan fingerprint density at radius 3 is 1.38 bits per heavy atom. The molecule has 0 N–H and O–H groups in total. The molecule has 1 aromatic rings. The van der Waals surface area contributed by atoms with Crippen molar-refractivity contribution in [3.05, 3.63) is 28.3 Å². The van der Waals surface area contributed by atoms with E-state index < -0.39 is 38.1 Å². The molecule has 0 spiro atoms. The molecule has 0 fully saturated rings. The summed E-state index contributed by atoms with van der Waals surface area (Å²) < 4.78 is 33.1. The molecule has 0 amide bonds. The minimum absolute atomic E-state index is 0. The van der Waals surface area contributed by atoms with Crippen molar-refractivity contribution in [2.75, 3.05) is 0 Å². The number of carbonyl (C=O) groups excluding carboxylic acids is 2. The van der Waals surface area contributed by atoms with Crippen LogP contribution in [0.2, 0.25) is 0 Å². The molecule has 0 atom stereocenters. The monoisotopic (exact) mass is 340 g/mol. The first-order valence-electron chi connectivity index (χ1n) is 4.60. The van der Waals surface area contributed by atoms with E-state index in [2.05, 4.69) is 0 Å². The zero-order valence-corrected chi connectivity index (χ0v) is 19.2. The van der Waals surface area contributed by atoms with Gasteiger partial charge in [0, 0.05) is 11.1 Å². The van der Waals surface area contributed by atoms with E-state index in [1.807, 2.05) is 0 Å². The smallest absolute Gasteiger partial charge is 0.744 e. The fraction of sp³-hybridized carbons (Fsp3) is 0.200. The summed E-state index contributed by atoms with van der Waals surface area (Å²) in [7, 11) is -5.01. The second-order valence-electron chi connectivity index (χ2n) is 3.58. The second kappa shape index (κ2) is 10.0. The maximum Gasteiger partial charge on any atom is 1.00 e. The van der Waals surface area contributed by atoms with Crippen molar-refractivity contribution in [1.29, 1.82) is 0 Å². The van der Waals surface area contributed by atoms with Crippen LogP contribution < -0.4 is 98.9 Å². The fourth-order valence-electron chi connectivity index (χ4n) is 1.69. The number of carbonyl (C=O) groups is 2.